The van der Waals surface area contributed by atoms with Crippen LogP contribution in [0.2, 0.25) is 0 Å². The van der Waals surface area contributed by atoms with E-state index in [-0.39, 0.29) is 29.0 Å². The molecule has 0 aliphatic carbocycles. The van der Waals surface area contributed by atoms with Crippen LogP contribution in [0.15, 0.2) is 65.6 Å². The average Bonchev–Trinajstić information content (AvgIpc) is 2.84. The average molecular weight is 541 g/mol. The van der Waals surface area contributed by atoms with Crippen LogP contribution in [0.5, 0.6) is 5.75 Å². The summed E-state index contributed by atoms with van der Waals surface area (Å²) in [5.41, 5.74) is -1.35. The van der Waals surface area contributed by atoms with E-state index in [4.69, 9.17) is 4.74 Å². The van der Waals surface area contributed by atoms with Crippen molar-refractivity contribution >= 4 is 21.7 Å². The number of carboxylic acid groups (broad SMARTS) is 1. The van der Waals surface area contributed by atoms with Crippen molar-refractivity contribution in [2.75, 3.05) is 10.8 Å². The van der Waals surface area contributed by atoms with Crippen LogP contribution in [-0.4, -0.2) is 32.1 Å². The fraction of sp³-hybridized carbons (Fsp3) is 0.240. The number of rotatable bonds is 6. The minimum Gasteiger partial charge on any atom is -0.486 e. The highest BCUT2D eigenvalue weighted by Gasteiger charge is 2.38. The maximum atomic E-state index is 14.4. The molecule has 0 bridgehead atoms. The van der Waals surface area contributed by atoms with Gasteiger partial charge in [-0.15, -0.1) is 0 Å². The van der Waals surface area contributed by atoms with Gasteiger partial charge in [0, 0.05) is 5.56 Å². The van der Waals surface area contributed by atoms with Crippen molar-refractivity contribution in [3.05, 3.63) is 77.9 Å². The molecule has 6 nitrogen and oxygen atoms in total. The monoisotopic (exact) mass is 541 g/mol. The maximum absolute atomic E-state index is 14.4. The summed E-state index contributed by atoms with van der Waals surface area (Å²) in [6.07, 6.45) is -5.84. The van der Waals surface area contributed by atoms with Crippen molar-refractivity contribution in [3.63, 3.8) is 0 Å². The zero-order chi connectivity index (χ0) is 27.1. The van der Waals surface area contributed by atoms with Gasteiger partial charge in [0.05, 0.1) is 28.6 Å². The van der Waals surface area contributed by atoms with E-state index < -0.39 is 62.8 Å². The van der Waals surface area contributed by atoms with E-state index in [1.54, 1.807) is 0 Å². The lowest BCUT2D eigenvalue weighted by Gasteiger charge is -2.36. The Kier molecular flexibility index (Phi) is 6.89. The van der Waals surface area contributed by atoms with Gasteiger partial charge in [-0.25, -0.2) is 17.2 Å². The van der Waals surface area contributed by atoms with Crippen LogP contribution >= 0.6 is 0 Å². The molecule has 1 N–H and O–H groups in total. The molecule has 37 heavy (non-hydrogen) atoms. The van der Waals surface area contributed by atoms with E-state index in [0.29, 0.717) is 6.07 Å². The number of nitrogens with zero attached hydrogens (tertiary/aromatic N) is 1. The Morgan fingerprint density at radius 1 is 1.11 bits per heavy atom. The molecule has 1 aliphatic rings. The molecule has 0 amide bonds. The standard InChI is InChI=1S/C25H20F5NO5S/c1-14(24(32)33)9-18-13-31(37(34,35)19-4-2-3-16(11-19)25(28,29)30)22-10-15(5-8-23(22)36-18)20-12-17(26)6-7-21(20)27/h2-8,10-12,14,18H,9,13H2,1H3,(H,32,33)/t14?,18-/m0/s1. The van der Waals surface area contributed by atoms with Gasteiger partial charge < -0.3 is 9.84 Å². The molecule has 196 valence electrons. The van der Waals surface area contributed by atoms with Gasteiger partial charge in [-0.2, -0.15) is 13.2 Å². The maximum Gasteiger partial charge on any atom is 0.416 e. The molecule has 1 heterocycles. The van der Waals surface area contributed by atoms with Crippen molar-refractivity contribution in [2.24, 2.45) is 5.92 Å². The minimum atomic E-state index is -4.80. The zero-order valence-corrected chi connectivity index (χ0v) is 20.0. The van der Waals surface area contributed by atoms with Gasteiger partial charge in [-0.3, -0.25) is 9.10 Å². The summed E-state index contributed by atoms with van der Waals surface area (Å²) >= 11 is 0. The van der Waals surface area contributed by atoms with Gasteiger partial charge in [-0.1, -0.05) is 19.1 Å². The molecule has 0 spiro atoms. The van der Waals surface area contributed by atoms with Gasteiger partial charge in [0.25, 0.3) is 10.0 Å². The third-order valence-electron chi connectivity index (χ3n) is 5.92. The number of alkyl halides is 3. The molecular formula is C25H20F5NO5S. The first kappa shape index (κ1) is 26.4. The number of hydrogen-bond donors (Lipinski definition) is 1. The van der Waals surface area contributed by atoms with Crippen molar-refractivity contribution < 1.29 is 45.0 Å². The number of sulfonamides is 1. The summed E-state index contributed by atoms with van der Waals surface area (Å²) in [7, 11) is -4.63. The van der Waals surface area contributed by atoms with Gasteiger partial charge in [0.15, 0.2) is 0 Å². The fourth-order valence-electron chi connectivity index (χ4n) is 4.00. The van der Waals surface area contributed by atoms with E-state index in [2.05, 4.69) is 0 Å². The van der Waals surface area contributed by atoms with Crippen LogP contribution in [0, 0.1) is 17.6 Å². The first-order valence-corrected chi connectivity index (χ1v) is 12.4. The lowest BCUT2D eigenvalue weighted by Crippen LogP contribution is -2.44. The molecule has 2 atom stereocenters. The molecule has 3 aromatic carbocycles. The van der Waals surface area contributed by atoms with Crippen LogP contribution in [0.3, 0.4) is 0 Å². The quantitative estimate of drug-likeness (QED) is 0.404. The van der Waals surface area contributed by atoms with Gasteiger partial charge in [-0.05, 0) is 60.5 Å². The second-order valence-corrected chi connectivity index (χ2v) is 10.4. The third kappa shape index (κ3) is 5.38. The van der Waals surface area contributed by atoms with Crippen LogP contribution in [0.25, 0.3) is 11.1 Å². The predicted molar refractivity (Wildman–Crippen MR) is 124 cm³/mol. The number of carbonyl (C=O) groups is 1. The topological polar surface area (TPSA) is 83.9 Å². The molecule has 4 rings (SSSR count). The molecule has 12 heteroatoms. The Balaban J connectivity index is 1.84. The summed E-state index contributed by atoms with van der Waals surface area (Å²) in [4.78, 5) is 10.7. The first-order chi connectivity index (χ1) is 17.3. The van der Waals surface area contributed by atoms with Crippen LogP contribution < -0.4 is 9.04 Å². The number of benzene rings is 3. The Morgan fingerprint density at radius 3 is 2.51 bits per heavy atom. The fourth-order valence-corrected chi connectivity index (χ4v) is 5.55. The van der Waals surface area contributed by atoms with Gasteiger partial charge in [0.1, 0.15) is 23.5 Å². The number of halogens is 5. The van der Waals surface area contributed by atoms with E-state index in [1.165, 1.54) is 25.1 Å². The van der Waals surface area contributed by atoms with E-state index in [9.17, 15) is 40.3 Å². The Hall–Kier alpha value is -3.67. The SMILES string of the molecule is CC(C[C@H]1CN(S(=O)(=O)c2cccc(C(F)(F)F)c2)c2cc(-c3cc(F)ccc3F)ccc2O1)C(=O)O. The first-order valence-electron chi connectivity index (χ1n) is 11.0. The van der Waals surface area contributed by atoms with E-state index >= 15 is 0 Å². The Morgan fingerprint density at radius 2 is 1.84 bits per heavy atom. The largest absolute Gasteiger partial charge is 0.486 e. The van der Waals surface area contributed by atoms with Crippen molar-refractivity contribution in [1.82, 2.24) is 0 Å². The number of fused-ring (bicyclic) bond motifs is 1. The van der Waals surface area contributed by atoms with Crippen molar-refractivity contribution in [1.29, 1.82) is 0 Å². The van der Waals surface area contributed by atoms with Crippen molar-refractivity contribution in [2.45, 2.75) is 30.5 Å². The lowest BCUT2D eigenvalue weighted by atomic mass is 10.0. The zero-order valence-electron chi connectivity index (χ0n) is 19.2. The predicted octanol–water partition coefficient (Wildman–Crippen LogP) is 5.72. The highest BCUT2D eigenvalue weighted by molar-refractivity contribution is 7.92. The number of ether oxygens (including phenoxy) is 1. The molecule has 0 radical (unpaired) electrons. The van der Waals surface area contributed by atoms with Gasteiger partial charge >= 0.3 is 12.1 Å². The lowest BCUT2D eigenvalue weighted by molar-refractivity contribution is -0.142. The molecule has 0 saturated carbocycles. The molecule has 3 aromatic rings. The summed E-state index contributed by atoms with van der Waals surface area (Å²) in [6, 6.07) is 9.85. The number of hydrogen-bond acceptors (Lipinski definition) is 4. The summed E-state index contributed by atoms with van der Waals surface area (Å²) < 4.78 is 102. The molecule has 0 saturated heterocycles. The Bertz CT molecular complexity index is 1460. The van der Waals surface area contributed by atoms with E-state index in [1.807, 2.05) is 0 Å². The number of carboxylic acids is 1. The summed E-state index contributed by atoms with van der Waals surface area (Å²) in [5, 5.41) is 9.27. The number of anilines is 1. The molecule has 1 aliphatic heterocycles. The Labute approximate surface area is 209 Å². The highest BCUT2D eigenvalue weighted by atomic mass is 32.2. The van der Waals surface area contributed by atoms with E-state index in [0.717, 1.165) is 40.7 Å². The smallest absolute Gasteiger partial charge is 0.416 e. The molecule has 0 aromatic heterocycles. The van der Waals surface area contributed by atoms with Crippen LogP contribution in [-0.2, 0) is 21.0 Å². The van der Waals surface area contributed by atoms with Gasteiger partial charge in [0.2, 0.25) is 0 Å². The normalized spacial score (nSPS) is 16.6. The van der Waals surface area contributed by atoms with Crippen LogP contribution in [0.4, 0.5) is 27.6 Å². The molecular weight excluding hydrogens is 521 g/mol. The molecule has 0 fully saturated rings. The highest BCUT2D eigenvalue weighted by Crippen LogP contribution is 2.42. The molecule has 1 unspecified atom stereocenters. The van der Waals surface area contributed by atoms with Crippen LogP contribution in [0.1, 0.15) is 18.9 Å². The van der Waals surface area contributed by atoms with Crippen molar-refractivity contribution in [3.8, 4) is 16.9 Å². The second kappa shape index (κ2) is 9.66. The minimum absolute atomic E-state index is 0.00930. The summed E-state index contributed by atoms with van der Waals surface area (Å²) in [6.45, 7) is 0.987. The summed E-state index contributed by atoms with van der Waals surface area (Å²) in [5.74, 6) is -3.58. The second-order valence-electron chi connectivity index (χ2n) is 8.58. The third-order valence-corrected chi connectivity index (χ3v) is 7.69. The number of aliphatic carboxylic acids is 1.